The summed E-state index contributed by atoms with van der Waals surface area (Å²) in [6.07, 6.45) is 12.3. The van der Waals surface area contributed by atoms with Gasteiger partial charge in [0.2, 0.25) is 5.91 Å². The van der Waals surface area contributed by atoms with Gasteiger partial charge in [0.1, 0.15) is 13.2 Å². The van der Waals surface area contributed by atoms with E-state index in [9.17, 15) is 9.59 Å². The number of aromatic nitrogens is 1. The average Bonchev–Trinajstić information content (AvgIpc) is 3.19. The third-order valence-electron chi connectivity index (χ3n) is 6.74. The van der Waals surface area contributed by atoms with Crippen molar-refractivity contribution in [1.29, 1.82) is 0 Å². The highest BCUT2D eigenvalue weighted by molar-refractivity contribution is 5.82. The van der Waals surface area contributed by atoms with Crippen LogP contribution in [0.5, 0.6) is 0 Å². The lowest BCUT2D eigenvalue weighted by atomic mass is 9.90. The van der Waals surface area contributed by atoms with Crippen molar-refractivity contribution < 1.29 is 14.3 Å². The molecule has 2 saturated heterocycles. The van der Waals surface area contributed by atoms with Crippen molar-refractivity contribution in [3.8, 4) is 0 Å². The molecule has 0 aromatic carbocycles. The second kappa shape index (κ2) is 10.2. The summed E-state index contributed by atoms with van der Waals surface area (Å²) in [4.78, 5) is 35.3. The van der Waals surface area contributed by atoms with Crippen LogP contribution in [0.25, 0.3) is 0 Å². The minimum Gasteiger partial charge on any atom is -0.448 e. The summed E-state index contributed by atoms with van der Waals surface area (Å²) in [6.45, 7) is 4.50. The Hall–Kier alpha value is -2.15. The highest BCUT2D eigenvalue weighted by Crippen LogP contribution is 2.27. The Morgan fingerprint density at radius 3 is 2.77 bits per heavy atom. The number of ether oxygens (including phenoxy) is 1. The maximum atomic E-state index is 13.1. The fourth-order valence-electron chi connectivity index (χ4n) is 5.13. The van der Waals surface area contributed by atoms with E-state index in [1.165, 1.54) is 50.0 Å². The van der Waals surface area contributed by atoms with Gasteiger partial charge >= 0.3 is 6.09 Å². The standard InChI is InChI=1S/C23H34N4O3/c28-22(18-26-12-13-30-23(26)29)27(15-19-6-4-10-24-14-19)17-20-7-5-11-25(16-20)21-8-2-1-3-9-21/h4,6,10,14,20-21H,1-3,5,7-9,11-13,15-18H2/t20-/m0/s1. The molecule has 3 heterocycles. The van der Waals surface area contributed by atoms with E-state index in [1.807, 2.05) is 23.2 Å². The van der Waals surface area contributed by atoms with Gasteiger partial charge in [-0.1, -0.05) is 25.3 Å². The Morgan fingerprint density at radius 1 is 1.17 bits per heavy atom. The molecule has 30 heavy (non-hydrogen) atoms. The third-order valence-corrected chi connectivity index (χ3v) is 6.74. The van der Waals surface area contributed by atoms with Gasteiger partial charge in [-0.05, 0) is 49.8 Å². The van der Waals surface area contributed by atoms with Gasteiger partial charge in [-0.25, -0.2) is 4.79 Å². The predicted molar refractivity (Wildman–Crippen MR) is 114 cm³/mol. The minimum atomic E-state index is -0.384. The van der Waals surface area contributed by atoms with Crippen LogP contribution in [0.2, 0.25) is 0 Å². The Labute approximate surface area is 179 Å². The number of hydrogen-bond donors (Lipinski definition) is 0. The van der Waals surface area contributed by atoms with Crippen LogP contribution in [0.3, 0.4) is 0 Å². The van der Waals surface area contributed by atoms with Crippen LogP contribution in [0.4, 0.5) is 4.79 Å². The summed E-state index contributed by atoms with van der Waals surface area (Å²) in [6, 6.07) is 4.64. The van der Waals surface area contributed by atoms with Crippen LogP contribution in [-0.2, 0) is 16.1 Å². The third kappa shape index (κ3) is 5.50. The maximum absolute atomic E-state index is 13.1. The van der Waals surface area contributed by atoms with Gasteiger partial charge in [-0.15, -0.1) is 0 Å². The van der Waals surface area contributed by atoms with E-state index >= 15 is 0 Å². The first-order valence-electron chi connectivity index (χ1n) is 11.5. The number of cyclic esters (lactones) is 1. The van der Waals surface area contributed by atoms with Crippen LogP contribution >= 0.6 is 0 Å². The molecular weight excluding hydrogens is 380 g/mol. The quantitative estimate of drug-likeness (QED) is 0.686. The van der Waals surface area contributed by atoms with E-state index < -0.39 is 0 Å². The molecule has 1 atom stereocenters. The number of nitrogens with zero attached hydrogens (tertiary/aromatic N) is 4. The number of likely N-dealkylation sites (tertiary alicyclic amines) is 1. The molecule has 0 bridgehead atoms. The van der Waals surface area contributed by atoms with Gasteiger partial charge in [-0.3, -0.25) is 14.7 Å². The lowest BCUT2D eigenvalue weighted by Crippen LogP contribution is -2.48. The molecule has 1 aromatic rings. The molecule has 1 saturated carbocycles. The highest BCUT2D eigenvalue weighted by atomic mass is 16.6. The van der Waals surface area contributed by atoms with Gasteiger partial charge < -0.3 is 14.5 Å². The molecule has 3 aliphatic rings. The van der Waals surface area contributed by atoms with E-state index in [1.54, 1.807) is 6.20 Å². The summed E-state index contributed by atoms with van der Waals surface area (Å²) >= 11 is 0. The van der Waals surface area contributed by atoms with Crippen LogP contribution in [0.15, 0.2) is 24.5 Å². The van der Waals surface area contributed by atoms with Crippen molar-refractivity contribution >= 4 is 12.0 Å². The number of piperidine rings is 1. The van der Waals surface area contributed by atoms with Crippen molar-refractivity contribution in [2.45, 2.75) is 57.5 Å². The maximum Gasteiger partial charge on any atom is 0.410 e. The molecule has 2 amide bonds. The number of hydrogen-bond acceptors (Lipinski definition) is 5. The molecule has 7 nitrogen and oxygen atoms in total. The summed E-state index contributed by atoms with van der Waals surface area (Å²) in [7, 11) is 0. The van der Waals surface area contributed by atoms with Crippen molar-refractivity contribution in [1.82, 2.24) is 19.7 Å². The van der Waals surface area contributed by atoms with Gasteiger partial charge in [-0.2, -0.15) is 0 Å². The molecule has 3 fully saturated rings. The fraction of sp³-hybridized carbons (Fsp3) is 0.696. The largest absolute Gasteiger partial charge is 0.448 e. The molecule has 0 spiro atoms. The van der Waals surface area contributed by atoms with E-state index in [-0.39, 0.29) is 18.5 Å². The van der Waals surface area contributed by atoms with Crippen LogP contribution in [0, 0.1) is 5.92 Å². The second-order valence-corrected chi connectivity index (χ2v) is 8.97. The number of rotatable bonds is 7. The van der Waals surface area contributed by atoms with Crippen LogP contribution in [0.1, 0.15) is 50.5 Å². The van der Waals surface area contributed by atoms with Gasteiger partial charge in [0.05, 0.1) is 6.54 Å². The monoisotopic (exact) mass is 414 g/mol. The molecule has 0 N–H and O–H groups in total. The Balaban J connectivity index is 1.40. The van der Waals surface area contributed by atoms with Crippen LogP contribution in [-0.4, -0.2) is 77.1 Å². The zero-order valence-electron chi connectivity index (χ0n) is 17.9. The zero-order valence-corrected chi connectivity index (χ0v) is 17.9. The van der Waals surface area contributed by atoms with Crippen molar-refractivity contribution in [2.24, 2.45) is 5.92 Å². The lowest BCUT2D eigenvalue weighted by molar-refractivity contribution is -0.133. The van der Waals surface area contributed by atoms with Crippen molar-refractivity contribution in [2.75, 3.05) is 39.3 Å². The summed E-state index contributed by atoms with van der Waals surface area (Å²) in [5.41, 5.74) is 1.02. The Bertz CT molecular complexity index is 708. The minimum absolute atomic E-state index is 0.00695. The van der Waals surface area contributed by atoms with Gasteiger partial charge in [0.25, 0.3) is 0 Å². The van der Waals surface area contributed by atoms with E-state index in [0.717, 1.165) is 31.1 Å². The Morgan fingerprint density at radius 2 is 2.03 bits per heavy atom. The van der Waals surface area contributed by atoms with Crippen molar-refractivity contribution in [3.05, 3.63) is 30.1 Å². The zero-order chi connectivity index (χ0) is 20.8. The molecule has 164 valence electrons. The normalized spacial score (nSPS) is 23.4. The molecular formula is C23H34N4O3. The van der Waals surface area contributed by atoms with Gasteiger partial charge in [0.15, 0.2) is 0 Å². The molecule has 1 aromatic heterocycles. The molecule has 2 aliphatic heterocycles. The summed E-state index contributed by atoms with van der Waals surface area (Å²) < 4.78 is 5.00. The molecule has 7 heteroatoms. The number of amides is 2. The highest BCUT2D eigenvalue weighted by Gasteiger charge is 2.31. The topological polar surface area (TPSA) is 66.0 Å². The lowest BCUT2D eigenvalue weighted by Gasteiger charge is -2.41. The summed E-state index contributed by atoms with van der Waals surface area (Å²) in [5.74, 6) is 0.472. The second-order valence-electron chi connectivity index (χ2n) is 8.97. The first-order chi connectivity index (χ1) is 14.7. The SMILES string of the molecule is O=C(CN1CCOC1=O)N(Cc1cccnc1)C[C@H]1CCCN(C2CCCCC2)C1. The smallest absolute Gasteiger partial charge is 0.410 e. The molecule has 0 radical (unpaired) electrons. The van der Waals surface area contributed by atoms with E-state index in [2.05, 4.69) is 9.88 Å². The van der Waals surface area contributed by atoms with E-state index in [4.69, 9.17) is 4.74 Å². The molecule has 0 unspecified atom stereocenters. The van der Waals surface area contributed by atoms with Crippen molar-refractivity contribution in [3.63, 3.8) is 0 Å². The molecule has 4 rings (SSSR count). The van der Waals surface area contributed by atoms with Gasteiger partial charge in [0, 0.05) is 38.1 Å². The fourth-order valence-corrected chi connectivity index (χ4v) is 5.13. The van der Waals surface area contributed by atoms with Crippen LogP contribution < -0.4 is 0 Å². The molecule has 1 aliphatic carbocycles. The average molecular weight is 415 g/mol. The number of pyridine rings is 1. The Kier molecular flexibility index (Phi) is 7.20. The first kappa shape index (κ1) is 21.1. The number of carbonyl (C=O) groups excluding carboxylic acids is 2. The first-order valence-corrected chi connectivity index (χ1v) is 11.5. The summed E-state index contributed by atoms with van der Waals surface area (Å²) in [5, 5.41) is 0. The van der Waals surface area contributed by atoms with E-state index in [0.29, 0.717) is 25.6 Å². The number of carbonyl (C=O) groups is 2. The predicted octanol–water partition coefficient (Wildman–Crippen LogP) is 2.91.